The van der Waals surface area contributed by atoms with E-state index < -0.39 is 0 Å². The summed E-state index contributed by atoms with van der Waals surface area (Å²) in [6.07, 6.45) is 8.27. The third-order valence-corrected chi connectivity index (χ3v) is 3.72. The number of unbranched alkanes of at least 4 members (excludes halogenated alkanes) is 4. The highest BCUT2D eigenvalue weighted by molar-refractivity contribution is 5.78. The molecule has 0 amide bonds. The van der Waals surface area contributed by atoms with E-state index in [0.717, 1.165) is 30.6 Å². The normalized spacial score (nSPS) is 10.6. The fourth-order valence-corrected chi connectivity index (χ4v) is 2.35. The molecule has 0 unspecified atom stereocenters. The van der Waals surface area contributed by atoms with Gasteiger partial charge in [0, 0.05) is 12.8 Å². The lowest BCUT2D eigenvalue weighted by Crippen LogP contribution is -2.00. The van der Waals surface area contributed by atoms with Gasteiger partial charge in [0.2, 0.25) is 0 Å². The predicted octanol–water partition coefficient (Wildman–Crippen LogP) is 4.87. The lowest BCUT2D eigenvalue weighted by atomic mass is 10.0. The fourth-order valence-electron chi connectivity index (χ4n) is 2.35. The van der Waals surface area contributed by atoms with E-state index in [1.165, 1.54) is 31.2 Å². The molecule has 0 atom stereocenters. The van der Waals surface area contributed by atoms with E-state index in [-0.39, 0.29) is 0 Å². The summed E-state index contributed by atoms with van der Waals surface area (Å²) in [5.74, 6) is 1.30. The number of ether oxygens (including phenoxy) is 1. The average molecular weight is 276 g/mol. The van der Waals surface area contributed by atoms with Gasteiger partial charge >= 0.3 is 0 Å². The van der Waals surface area contributed by atoms with E-state index in [1.54, 1.807) is 7.11 Å². The van der Waals surface area contributed by atoms with Crippen molar-refractivity contribution in [2.75, 3.05) is 7.11 Å². The molecule has 20 heavy (non-hydrogen) atoms. The minimum atomic E-state index is 0.390. The molecule has 0 aliphatic carbocycles. The Morgan fingerprint density at radius 3 is 2.55 bits per heavy atom. The van der Waals surface area contributed by atoms with Crippen LogP contribution in [0.2, 0.25) is 0 Å². The highest BCUT2D eigenvalue weighted by atomic mass is 16.5. The smallest absolute Gasteiger partial charge is 0.133 e. The summed E-state index contributed by atoms with van der Waals surface area (Å²) >= 11 is 0. The van der Waals surface area contributed by atoms with Gasteiger partial charge in [-0.05, 0) is 37.0 Å². The highest BCUT2D eigenvalue weighted by Gasteiger charge is 2.05. The number of carbonyl (C=O) groups is 1. The molecule has 2 heteroatoms. The number of hydrogen-bond donors (Lipinski definition) is 0. The lowest BCUT2D eigenvalue weighted by molar-refractivity contribution is -0.119. The van der Waals surface area contributed by atoms with E-state index in [0.29, 0.717) is 12.2 Å². The molecular weight excluding hydrogens is 248 g/mol. The van der Waals surface area contributed by atoms with Gasteiger partial charge in [-0.2, -0.15) is 0 Å². The maximum atomic E-state index is 11.8. The van der Waals surface area contributed by atoms with E-state index in [9.17, 15) is 4.79 Å². The monoisotopic (exact) mass is 276 g/mol. The van der Waals surface area contributed by atoms with Crippen molar-refractivity contribution in [3.8, 4) is 5.75 Å². The van der Waals surface area contributed by atoms with Gasteiger partial charge in [-0.1, -0.05) is 44.7 Å². The Kier molecular flexibility index (Phi) is 8.01. The molecule has 0 radical (unpaired) electrons. The number of ketones is 1. The second-order valence-electron chi connectivity index (χ2n) is 5.51. The second kappa shape index (κ2) is 9.57. The molecule has 1 aromatic rings. The number of carbonyl (C=O) groups excluding carboxylic acids is 1. The zero-order valence-corrected chi connectivity index (χ0v) is 13.2. The predicted molar refractivity (Wildman–Crippen MR) is 84.4 cm³/mol. The summed E-state index contributed by atoms with van der Waals surface area (Å²) in [6.45, 7) is 4.24. The Labute approximate surface area is 123 Å². The summed E-state index contributed by atoms with van der Waals surface area (Å²) in [5, 5.41) is 0. The van der Waals surface area contributed by atoms with Gasteiger partial charge in [-0.25, -0.2) is 0 Å². The fraction of sp³-hybridized carbons (Fsp3) is 0.611. The number of methoxy groups -OCH3 is 1. The van der Waals surface area contributed by atoms with E-state index in [2.05, 4.69) is 19.1 Å². The maximum Gasteiger partial charge on any atom is 0.133 e. The van der Waals surface area contributed by atoms with Crippen molar-refractivity contribution in [2.45, 2.75) is 65.2 Å². The molecule has 0 fully saturated rings. The summed E-state index contributed by atoms with van der Waals surface area (Å²) in [5.41, 5.74) is 2.32. The standard InChI is InChI=1S/C18H28O2/c1-4-5-6-7-8-9-17(19)13-12-16-11-10-15(2)18(14-16)20-3/h10-11,14H,4-9,12-13H2,1-3H3. The van der Waals surface area contributed by atoms with Crippen LogP contribution >= 0.6 is 0 Å². The average Bonchev–Trinajstić information content (AvgIpc) is 2.46. The van der Waals surface area contributed by atoms with Gasteiger partial charge in [-0.3, -0.25) is 4.79 Å². The summed E-state index contributed by atoms with van der Waals surface area (Å²) < 4.78 is 5.31. The first kappa shape index (κ1) is 16.7. The van der Waals surface area contributed by atoms with Crippen LogP contribution < -0.4 is 4.74 Å². The molecule has 1 aromatic carbocycles. The molecule has 0 aromatic heterocycles. The Morgan fingerprint density at radius 2 is 1.85 bits per heavy atom. The van der Waals surface area contributed by atoms with E-state index in [1.807, 2.05) is 13.0 Å². The molecule has 0 bridgehead atoms. The van der Waals surface area contributed by atoms with Crippen LogP contribution in [0.5, 0.6) is 5.75 Å². The van der Waals surface area contributed by atoms with Gasteiger partial charge < -0.3 is 4.74 Å². The first-order valence-corrected chi connectivity index (χ1v) is 7.82. The van der Waals surface area contributed by atoms with Crippen LogP contribution in [-0.4, -0.2) is 12.9 Å². The quantitative estimate of drug-likeness (QED) is 0.570. The van der Waals surface area contributed by atoms with Gasteiger partial charge in [0.15, 0.2) is 0 Å². The lowest BCUT2D eigenvalue weighted by Gasteiger charge is -2.07. The third kappa shape index (κ3) is 6.23. The second-order valence-corrected chi connectivity index (χ2v) is 5.51. The molecule has 1 rings (SSSR count). The van der Waals surface area contributed by atoms with Crippen molar-refractivity contribution in [3.63, 3.8) is 0 Å². The Balaban J connectivity index is 2.27. The molecular formula is C18H28O2. The number of aryl methyl sites for hydroxylation is 2. The Bertz CT molecular complexity index is 410. The SMILES string of the molecule is CCCCCCCC(=O)CCc1ccc(C)c(OC)c1. The van der Waals surface area contributed by atoms with Crippen molar-refractivity contribution < 1.29 is 9.53 Å². The minimum absolute atomic E-state index is 0.390. The van der Waals surface area contributed by atoms with E-state index >= 15 is 0 Å². The van der Waals surface area contributed by atoms with Crippen LogP contribution in [-0.2, 0) is 11.2 Å². The molecule has 0 saturated carbocycles. The first-order valence-electron chi connectivity index (χ1n) is 7.82. The molecule has 0 aliphatic heterocycles. The topological polar surface area (TPSA) is 26.3 Å². The molecule has 0 spiro atoms. The highest BCUT2D eigenvalue weighted by Crippen LogP contribution is 2.20. The van der Waals surface area contributed by atoms with Crippen molar-refractivity contribution >= 4 is 5.78 Å². The van der Waals surface area contributed by atoms with Crippen molar-refractivity contribution in [3.05, 3.63) is 29.3 Å². The molecule has 2 nitrogen and oxygen atoms in total. The van der Waals surface area contributed by atoms with Crippen LogP contribution in [0.4, 0.5) is 0 Å². The largest absolute Gasteiger partial charge is 0.496 e. The number of rotatable bonds is 10. The Morgan fingerprint density at radius 1 is 1.10 bits per heavy atom. The molecule has 0 heterocycles. The van der Waals surface area contributed by atoms with E-state index in [4.69, 9.17) is 4.74 Å². The van der Waals surface area contributed by atoms with Gasteiger partial charge in [0.1, 0.15) is 11.5 Å². The van der Waals surface area contributed by atoms with Crippen LogP contribution in [0.1, 0.15) is 63.0 Å². The zero-order valence-electron chi connectivity index (χ0n) is 13.2. The molecule has 0 N–H and O–H groups in total. The number of Topliss-reactive ketones (excluding diaryl/α,β-unsaturated/α-hetero) is 1. The molecule has 0 aliphatic rings. The molecule has 0 saturated heterocycles. The number of benzene rings is 1. The Hall–Kier alpha value is -1.31. The van der Waals surface area contributed by atoms with Crippen molar-refractivity contribution in [1.29, 1.82) is 0 Å². The molecule has 112 valence electrons. The van der Waals surface area contributed by atoms with Crippen LogP contribution in [0.15, 0.2) is 18.2 Å². The first-order chi connectivity index (χ1) is 9.67. The van der Waals surface area contributed by atoms with Crippen LogP contribution in [0.3, 0.4) is 0 Å². The number of hydrogen-bond acceptors (Lipinski definition) is 2. The van der Waals surface area contributed by atoms with Crippen LogP contribution in [0, 0.1) is 6.92 Å². The summed E-state index contributed by atoms with van der Waals surface area (Å²) in [6, 6.07) is 6.19. The van der Waals surface area contributed by atoms with Crippen molar-refractivity contribution in [2.24, 2.45) is 0 Å². The summed E-state index contributed by atoms with van der Waals surface area (Å²) in [7, 11) is 1.69. The minimum Gasteiger partial charge on any atom is -0.496 e. The van der Waals surface area contributed by atoms with Gasteiger partial charge in [0.25, 0.3) is 0 Å². The maximum absolute atomic E-state index is 11.8. The van der Waals surface area contributed by atoms with Gasteiger partial charge in [-0.15, -0.1) is 0 Å². The third-order valence-electron chi connectivity index (χ3n) is 3.72. The van der Waals surface area contributed by atoms with Gasteiger partial charge in [0.05, 0.1) is 7.11 Å². The zero-order chi connectivity index (χ0) is 14.8. The van der Waals surface area contributed by atoms with Crippen molar-refractivity contribution in [1.82, 2.24) is 0 Å². The summed E-state index contributed by atoms with van der Waals surface area (Å²) in [4.78, 5) is 11.8. The van der Waals surface area contributed by atoms with Crippen LogP contribution in [0.25, 0.3) is 0 Å².